The number of hydroxylamine groups is 2. The van der Waals surface area contributed by atoms with Gasteiger partial charge in [0.1, 0.15) is 11.6 Å². The van der Waals surface area contributed by atoms with Crippen molar-refractivity contribution in [2.24, 2.45) is 5.92 Å². The van der Waals surface area contributed by atoms with E-state index in [2.05, 4.69) is 62.2 Å². The van der Waals surface area contributed by atoms with Crippen LogP contribution >= 0.6 is 0 Å². The summed E-state index contributed by atoms with van der Waals surface area (Å²) in [4.78, 5) is 6.67. The quantitative estimate of drug-likeness (QED) is 0.660. The van der Waals surface area contributed by atoms with Crippen molar-refractivity contribution >= 4 is 0 Å². The molecule has 0 N–H and O–H groups in total. The molecule has 5 nitrogen and oxygen atoms in total. The van der Waals surface area contributed by atoms with E-state index in [0.29, 0.717) is 25.7 Å². The van der Waals surface area contributed by atoms with E-state index in [1.807, 2.05) is 24.3 Å². The summed E-state index contributed by atoms with van der Waals surface area (Å²) in [5.41, 5.74) is 1.86. The highest BCUT2D eigenvalue weighted by atomic mass is 16.9. The summed E-state index contributed by atoms with van der Waals surface area (Å²) in [5.74, 6) is 0.319. The molecule has 2 unspecified atom stereocenters. The third-order valence-electron chi connectivity index (χ3n) is 5.50. The molecule has 5 heteroatoms. The molecular weight excluding hydrogens is 354 g/mol. The summed E-state index contributed by atoms with van der Waals surface area (Å²) in [5, 5.41) is 2.10. The number of rotatable bonds is 7. The Labute approximate surface area is 167 Å². The fourth-order valence-corrected chi connectivity index (χ4v) is 4.00. The Bertz CT molecular complexity index is 730. The van der Waals surface area contributed by atoms with Crippen LogP contribution in [0.15, 0.2) is 60.7 Å². The molecule has 3 fully saturated rings. The molecule has 2 aromatic rings. The zero-order valence-electron chi connectivity index (χ0n) is 16.8. The first-order valence-corrected chi connectivity index (χ1v) is 10.00. The molecule has 0 amide bonds. The van der Waals surface area contributed by atoms with E-state index in [1.165, 1.54) is 5.56 Å². The third-order valence-corrected chi connectivity index (χ3v) is 5.50. The zero-order chi connectivity index (χ0) is 19.6. The Kier molecular flexibility index (Phi) is 5.80. The predicted octanol–water partition coefficient (Wildman–Crippen LogP) is 4.48. The number of fused-ring (bicyclic) bond motifs is 3. The van der Waals surface area contributed by atoms with Crippen LogP contribution in [0.1, 0.15) is 44.0 Å². The van der Waals surface area contributed by atoms with E-state index < -0.39 is 12.0 Å². The lowest BCUT2D eigenvalue weighted by Crippen LogP contribution is -2.67. The Morgan fingerprint density at radius 3 is 1.82 bits per heavy atom. The average Bonchev–Trinajstić information content (AvgIpc) is 2.75. The topological polar surface area (TPSA) is 40.2 Å². The van der Waals surface area contributed by atoms with Gasteiger partial charge in [0.2, 0.25) is 0 Å². The molecule has 3 aliphatic heterocycles. The van der Waals surface area contributed by atoms with Crippen LogP contribution in [0.5, 0.6) is 0 Å². The fraction of sp³-hybridized carbons (Fsp3) is 0.478. The predicted molar refractivity (Wildman–Crippen MR) is 106 cm³/mol. The van der Waals surface area contributed by atoms with Gasteiger partial charge in [-0.05, 0) is 24.0 Å². The molecule has 28 heavy (non-hydrogen) atoms. The van der Waals surface area contributed by atoms with Crippen molar-refractivity contribution in [1.29, 1.82) is 0 Å². The first-order chi connectivity index (χ1) is 13.6. The van der Waals surface area contributed by atoms with Crippen molar-refractivity contribution in [3.63, 3.8) is 0 Å². The van der Waals surface area contributed by atoms with Crippen LogP contribution < -0.4 is 0 Å². The van der Waals surface area contributed by atoms with E-state index in [1.54, 1.807) is 0 Å². The first kappa shape index (κ1) is 19.6. The lowest BCUT2D eigenvalue weighted by atomic mass is 9.90. The summed E-state index contributed by atoms with van der Waals surface area (Å²) in [7, 11) is 0. The smallest absolute Gasteiger partial charge is 0.271 e. The van der Waals surface area contributed by atoms with Crippen LogP contribution in [-0.4, -0.2) is 36.9 Å². The maximum Gasteiger partial charge on any atom is 0.271 e. The van der Waals surface area contributed by atoms with E-state index in [-0.39, 0.29) is 12.1 Å². The van der Waals surface area contributed by atoms with Crippen molar-refractivity contribution in [3.05, 3.63) is 71.8 Å². The van der Waals surface area contributed by atoms with E-state index in [4.69, 9.17) is 19.0 Å². The Hall–Kier alpha value is -1.76. The Morgan fingerprint density at radius 1 is 0.821 bits per heavy atom. The van der Waals surface area contributed by atoms with Crippen molar-refractivity contribution < 1.29 is 19.0 Å². The SMILES string of the molecule is CC(ON(C(c1ccccc1)C(C)C)C12COC(OC1)OC2)c1ccccc1. The monoisotopic (exact) mass is 383 g/mol. The minimum absolute atomic E-state index is 0.0396. The van der Waals surface area contributed by atoms with Crippen LogP contribution in [0.4, 0.5) is 0 Å². The minimum atomic E-state index is -0.551. The average molecular weight is 383 g/mol. The highest BCUT2D eigenvalue weighted by Crippen LogP contribution is 2.41. The summed E-state index contributed by atoms with van der Waals surface area (Å²) in [6.07, 6.45) is -0.111. The molecule has 3 heterocycles. The van der Waals surface area contributed by atoms with E-state index in [0.717, 1.165) is 5.56 Å². The molecule has 3 saturated heterocycles. The van der Waals surface area contributed by atoms with E-state index in [9.17, 15) is 0 Å². The zero-order valence-corrected chi connectivity index (χ0v) is 16.8. The van der Waals surface area contributed by atoms with Gasteiger partial charge in [-0.25, -0.2) is 0 Å². The summed E-state index contributed by atoms with van der Waals surface area (Å²) in [6.45, 7) is 7.53. The van der Waals surface area contributed by atoms with Crippen LogP contribution in [-0.2, 0) is 19.0 Å². The normalized spacial score (nSPS) is 26.5. The van der Waals surface area contributed by atoms with Crippen molar-refractivity contribution in [2.45, 2.75) is 44.9 Å². The number of ether oxygens (including phenoxy) is 3. The second-order valence-corrected chi connectivity index (χ2v) is 8.03. The van der Waals surface area contributed by atoms with Gasteiger partial charge in [-0.3, -0.25) is 4.84 Å². The number of benzene rings is 2. The standard InChI is InChI=1S/C23H29NO4/c1-17(2)21(20-12-8-5-9-13-20)24(23-14-25-22(26-15-23)27-16-23)28-18(3)19-10-6-4-7-11-19/h4-13,17-18,21-22H,14-16H2,1-3H3. The van der Waals surface area contributed by atoms with Crippen molar-refractivity contribution in [3.8, 4) is 0 Å². The van der Waals surface area contributed by atoms with Crippen LogP contribution in [0, 0.1) is 5.92 Å². The maximum absolute atomic E-state index is 6.67. The molecule has 3 aliphatic rings. The van der Waals surface area contributed by atoms with Gasteiger partial charge in [0, 0.05) is 0 Å². The van der Waals surface area contributed by atoms with Gasteiger partial charge in [-0.2, -0.15) is 5.06 Å². The van der Waals surface area contributed by atoms with Crippen molar-refractivity contribution in [2.75, 3.05) is 19.8 Å². The highest BCUT2D eigenvalue weighted by Gasteiger charge is 2.52. The number of nitrogens with zero attached hydrogens (tertiary/aromatic N) is 1. The van der Waals surface area contributed by atoms with Crippen LogP contribution in [0.3, 0.4) is 0 Å². The second-order valence-electron chi connectivity index (χ2n) is 8.03. The van der Waals surface area contributed by atoms with Gasteiger partial charge < -0.3 is 14.2 Å². The fourth-order valence-electron chi connectivity index (χ4n) is 4.00. The van der Waals surface area contributed by atoms with Gasteiger partial charge >= 0.3 is 0 Å². The summed E-state index contributed by atoms with van der Waals surface area (Å²) in [6, 6.07) is 20.8. The van der Waals surface area contributed by atoms with Gasteiger partial charge in [0.25, 0.3) is 6.48 Å². The third kappa shape index (κ3) is 3.86. The van der Waals surface area contributed by atoms with Crippen LogP contribution in [0.2, 0.25) is 0 Å². The van der Waals surface area contributed by atoms with Gasteiger partial charge in [-0.15, -0.1) is 0 Å². The molecule has 0 aromatic heterocycles. The Balaban J connectivity index is 1.70. The highest BCUT2D eigenvalue weighted by molar-refractivity contribution is 5.21. The van der Waals surface area contributed by atoms with Crippen LogP contribution in [0.25, 0.3) is 0 Å². The van der Waals surface area contributed by atoms with Gasteiger partial charge in [-0.1, -0.05) is 74.5 Å². The maximum atomic E-state index is 6.67. The van der Waals surface area contributed by atoms with Crippen molar-refractivity contribution in [1.82, 2.24) is 5.06 Å². The number of hydrogen-bond donors (Lipinski definition) is 0. The molecule has 0 spiro atoms. The molecular formula is C23H29NO4. The lowest BCUT2D eigenvalue weighted by molar-refractivity contribution is -0.433. The number of hydrogen-bond acceptors (Lipinski definition) is 5. The largest absolute Gasteiger partial charge is 0.328 e. The van der Waals surface area contributed by atoms with E-state index >= 15 is 0 Å². The first-order valence-electron chi connectivity index (χ1n) is 10.00. The summed E-state index contributed by atoms with van der Waals surface area (Å²) >= 11 is 0. The molecule has 5 rings (SSSR count). The minimum Gasteiger partial charge on any atom is -0.328 e. The molecule has 2 atom stereocenters. The molecule has 0 radical (unpaired) electrons. The molecule has 0 aliphatic carbocycles. The van der Waals surface area contributed by atoms with Gasteiger partial charge in [0.15, 0.2) is 0 Å². The molecule has 0 saturated carbocycles. The summed E-state index contributed by atoms with van der Waals surface area (Å²) < 4.78 is 17.2. The molecule has 150 valence electrons. The second kappa shape index (κ2) is 8.31. The molecule has 2 bridgehead atoms. The Morgan fingerprint density at radius 2 is 1.32 bits per heavy atom. The van der Waals surface area contributed by atoms with Gasteiger partial charge in [0.05, 0.1) is 25.9 Å². The lowest BCUT2D eigenvalue weighted by Gasteiger charge is -2.53. The molecule has 2 aromatic carbocycles.